The van der Waals surface area contributed by atoms with Crippen molar-refractivity contribution < 1.29 is 19.7 Å². The summed E-state index contributed by atoms with van der Waals surface area (Å²) in [6, 6.07) is 11.1. The number of carbonyl (C=O) groups is 1. The standard InChI is InChI=1S/C25H29NO4/c1-4-12-24-16-23(2,28)25(29,21-7-5-6-13-26-21)15-19(24)10-8-17-14-18(22(27)30-3)9-11-20(17)24/h4-7,9,11,13-14,19,28-29H,1,8,10,12,15-16H2,2-3H3. The third-order valence-electron chi connectivity index (χ3n) is 7.30. The third-order valence-corrected chi connectivity index (χ3v) is 7.30. The van der Waals surface area contributed by atoms with E-state index in [2.05, 4.69) is 11.6 Å². The number of allylic oxidation sites excluding steroid dienone is 1. The van der Waals surface area contributed by atoms with Gasteiger partial charge in [-0.25, -0.2) is 4.79 Å². The highest BCUT2D eigenvalue weighted by Crippen LogP contribution is 2.59. The van der Waals surface area contributed by atoms with Gasteiger partial charge < -0.3 is 14.9 Å². The molecule has 0 radical (unpaired) electrons. The smallest absolute Gasteiger partial charge is 0.337 e. The molecular formula is C25H29NO4. The number of pyridine rings is 1. The van der Waals surface area contributed by atoms with Gasteiger partial charge in [0.25, 0.3) is 0 Å². The zero-order chi connectivity index (χ0) is 21.6. The zero-order valence-electron chi connectivity index (χ0n) is 17.6. The van der Waals surface area contributed by atoms with E-state index in [-0.39, 0.29) is 17.3 Å². The average Bonchev–Trinajstić information content (AvgIpc) is 2.74. The van der Waals surface area contributed by atoms with Gasteiger partial charge in [-0.2, -0.15) is 0 Å². The topological polar surface area (TPSA) is 79.7 Å². The van der Waals surface area contributed by atoms with Crippen LogP contribution in [-0.2, 0) is 22.2 Å². The first kappa shape index (κ1) is 20.8. The van der Waals surface area contributed by atoms with Crippen molar-refractivity contribution in [1.29, 1.82) is 0 Å². The Kier molecular flexibility index (Phi) is 5.07. The van der Waals surface area contributed by atoms with Crippen LogP contribution in [0, 0.1) is 5.92 Å². The predicted molar refractivity (Wildman–Crippen MR) is 114 cm³/mol. The molecule has 5 nitrogen and oxygen atoms in total. The second-order valence-corrected chi connectivity index (χ2v) is 8.98. The molecule has 0 bridgehead atoms. The number of ether oxygens (including phenoxy) is 1. The number of aliphatic hydroxyl groups is 2. The molecule has 4 rings (SSSR count). The van der Waals surface area contributed by atoms with Crippen LogP contribution >= 0.6 is 0 Å². The highest BCUT2D eigenvalue weighted by Gasteiger charge is 2.61. The van der Waals surface area contributed by atoms with Crippen LogP contribution in [0.3, 0.4) is 0 Å². The SMILES string of the molecule is C=CCC12CC(C)(O)C(O)(c3ccccn3)CC1CCc1cc(C(=O)OC)ccc12. The first-order chi connectivity index (χ1) is 14.3. The van der Waals surface area contributed by atoms with Crippen molar-refractivity contribution in [2.24, 2.45) is 5.92 Å². The van der Waals surface area contributed by atoms with Gasteiger partial charge in [-0.3, -0.25) is 4.98 Å². The van der Waals surface area contributed by atoms with Gasteiger partial charge in [0.2, 0.25) is 0 Å². The monoisotopic (exact) mass is 407 g/mol. The van der Waals surface area contributed by atoms with Crippen molar-refractivity contribution in [3.63, 3.8) is 0 Å². The minimum absolute atomic E-state index is 0.152. The van der Waals surface area contributed by atoms with E-state index in [1.807, 2.05) is 30.3 Å². The molecule has 158 valence electrons. The van der Waals surface area contributed by atoms with Crippen LogP contribution in [0.25, 0.3) is 0 Å². The Labute approximate surface area is 177 Å². The zero-order valence-corrected chi connectivity index (χ0v) is 17.6. The molecule has 4 atom stereocenters. The number of methoxy groups -OCH3 is 1. The summed E-state index contributed by atoms with van der Waals surface area (Å²) in [6.45, 7) is 5.69. The fourth-order valence-corrected chi connectivity index (χ4v) is 5.83. The number of nitrogens with zero attached hydrogens (tertiary/aromatic N) is 1. The van der Waals surface area contributed by atoms with Gasteiger partial charge in [0, 0.05) is 11.6 Å². The number of hydrogen-bond acceptors (Lipinski definition) is 5. The summed E-state index contributed by atoms with van der Waals surface area (Å²) in [4.78, 5) is 16.4. The average molecular weight is 408 g/mol. The number of esters is 1. The normalized spacial score (nSPS) is 32.6. The maximum atomic E-state index is 12.0. The van der Waals surface area contributed by atoms with Crippen LogP contribution in [-0.4, -0.2) is 33.9 Å². The highest BCUT2D eigenvalue weighted by atomic mass is 16.5. The fourth-order valence-electron chi connectivity index (χ4n) is 5.83. The maximum Gasteiger partial charge on any atom is 0.337 e. The molecule has 1 aromatic heterocycles. The molecule has 0 spiro atoms. The summed E-state index contributed by atoms with van der Waals surface area (Å²) in [6.07, 6.45) is 6.71. The van der Waals surface area contributed by atoms with Crippen molar-refractivity contribution in [1.82, 2.24) is 4.98 Å². The van der Waals surface area contributed by atoms with Gasteiger partial charge in [0.15, 0.2) is 0 Å². The maximum absolute atomic E-state index is 12.0. The molecule has 0 amide bonds. The van der Waals surface area contributed by atoms with E-state index in [1.165, 1.54) is 7.11 Å². The highest BCUT2D eigenvalue weighted by molar-refractivity contribution is 5.89. The van der Waals surface area contributed by atoms with E-state index >= 15 is 0 Å². The molecule has 2 aliphatic rings. The Morgan fingerprint density at radius 3 is 2.80 bits per heavy atom. The molecule has 1 heterocycles. The lowest BCUT2D eigenvalue weighted by Crippen LogP contribution is -2.62. The molecule has 4 unspecified atom stereocenters. The quantitative estimate of drug-likeness (QED) is 0.597. The minimum Gasteiger partial charge on any atom is -0.465 e. The van der Waals surface area contributed by atoms with Crippen LogP contribution < -0.4 is 0 Å². The summed E-state index contributed by atoms with van der Waals surface area (Å²) in [5, 5.41) is 23.3. The Hall–Kier alpha value is -2.50. The second-order valence-electron chi connectivity index (χ2n) is 8.98. The van der Waals surface area contributed by atoms with E-state index in [4.69, 9.17) is 4.74 Å². The van der Waals surface area contributed by atoms with Crippen molar-refractivity contribution in [2.45, 2.75) is 55.6 Å². The molecule has 2 N–H and O–H groups in total. The van der Waals surface area contributed by atoms with Gasteiger partial charge in [0.05, 0.1) is 24.0 Å². The predicted octanol–water partition coefficient (Wildman–Crippen LogP) is 3.68. The van der Waals surface area contributed by atoms with E-state index in [1.54, 1.807) is 25.3 Å². The van der Waals surface area contributed by atoms with Crippen molar-refractivity contribution in [2.75, 3.05) is 7.11 Å². The Morgan fingerprint density at radius 2 is 2.13 bits per heavy atom. The molecule has 5 heteroatoms. The van der Waals surface area contributed by atoms with Gasteiger partial charge >= 0.3 is 5.97 Å². The first-order valence-electron chi connectivity index (χ1n) is 10.5. The first-order valence-corrected chi connectivity index (χ1v) is 10.5. The Bertz CT molecular complexity index is 970. The summed E-state index contributed by atoms with van der Waals surface area (Å²) >= 11 is 0. The molecular weight excluding hydrogens is 378 g/mol. The summed E-state index contributed by atoms with van der Waals surface area (Å²) < 4.78 is 4.88. The van der Waals surface area contributed by atoms with E-state index in [0.29, 0.717) is 30.5 Å². The van der Waals surface area contributed by atoms with E-state index in [9.17, 15) is 15.0 Å². The summed E-state index contributed by atoms with van der Waals surface area (Å²) in [5.74, 6) is -0.197. The van der Waals surface area contributed by atoms with Crippen molar-refractivity contribution in [3.8, 4) is 0 Å². The number of rotatable bonds is 4. The number of benzene rings is 1. The van der Waals surface area contributed by atoms with Crippen molar-refractivity contribution >= 4 is 5.97 Å². The number of carbonyl (C=O) groups excluding carboxylic acids is 1. The molecule has 2 aliphatic carbocycles. The number of hydrogen-bond donors (Lipinski definition) is 2. The second kappa shape index (κ2) is 7.33. The Balaban J connectivity index is 1.82. The van der Waals surface area contributed by atoms with Crippen molar-refractivity contribution in [3.05, 3.63) is 77.6 Å². The molecule has 1 fully saturated rings. The van der Waals surface area contributed by atoms with Crippen LogP contribution in [0.5, 0.6) is 0 Å². The number of aryl methyl sites for hydroxylation is 1. The van der Waals surface area contributed by atoms with Crippen LogP contribution in [0.4, 0.5) is 0 Å². The molecule has 0 aliphatic heterocycles. The van der Waals surface area contributed by atoms with Gasteiger partial charge in [-0.15, -0.1) is 6.58 Å². The lowest BCUT2D eigenvalue weighted by Gasteiger charge is -2.58. The number of aromatic nitrogens is 1. The fraction of sp³-hybridized carbons (Fsp3) is 0.440. The van der Waals surface area contributed by atoms with Crippen LogP contribution in [0.1, 0.15) is 59.8 Å². The molecule has 0 saturated heterocycles. The minimum atomic E-state index is -1.42. The molecule has 30 heavy (non-hydrogen) atoms. The summed E-state index contributed by atoms with van der Waals surface area (Å²) in [5.41, 5.74) is 0.132. The van der Waals surface area contributed by atoms with Gasteiger partial charge in [-0.05, 0) is 80.3 Å². The van der Waals surface area contributed by atoms with Gasteiger partial charge in [0.1, 0.15) is 5.60 Å². The largest absolute Gasteiger partial charge is 0.465 e. The Morgan fingerprint density at radius 1 is 1.33 bits per heavy atom. The van der Waals surface area contributed by atoms with Crippen LogP contribution in [0.2, 0.25) is 0 Å². The summed E-state index contributed by atoms with van der Waals surface area (Å²) in [7, 11) is 1.38. The van der Waals surface area contributed by atoms with E-state index < -0.39 is 11.2 Å². The lowest BCUT2D eigenvalue weighted by molar-refractivity contribution is -0.206. The van der Waals surface area contributed by atoms with Crippen LogP contribution in [0.15, 0.2) is 55.3 Å². The van der Waals surface area contributed by atoms with Gasteiger partial charge in [-0.1, -0.05) is 18.2 Å². The molecule has 2 aromatic rings. The lowest BCUT2D eigenvalue weighted by atomic mass is 9.49. The molecule has 1 saturated carbocycles. The molecule has 1 aromatic carbocycles. The third kappa shape index (κ3) is 2.99. The number of fused-ring (bicyclic) bond motifs is 3. The van der Waals surface area contributed by atoms with E-state index in [0.717, 1.165) is 24.0 Å².